The molecule has 1 atom stereocenters. The molecule has 2 heterocycles. The van der Waals surface area contributed by atoms with E-state index in [4.69, 9.17) is 4.74 Å². The maximum Gasteiger partial charge on any atom is 0.227 e. The Balaban J connectivity index is 1.55. The van der Waals surface area contributed by atoms with E-state index in [9.17, 15) is 4.79 Å². The third-order valence-electron chi connectivity index (χ3n) is 4.74. The van der Waals surface area contributed by atoms with Crippen LogP contribution in [0.15, 0.2) is 24.3 Å². The SMILES string of the molecule is COc1ccc(CN2CCCC(C(=O)N3CCSCC3)C2)cc1. The summed E-state index contributed by atoms with van der Waals surface area (Å²) in [7, 11) is 1.69. The number of amides is 1. The smallest absolute Gasteiger partial charge is 0.227 e. The Morgan fingerprint density at radius 1 is 1.22 bits per heavy atom. The van der Waals surface area contributed by atoms with E-state index in [0.29, 0.717) is 5.91 Å². The number of carbonyl (C=O) groups is 1. The number of likely N-dealkylation sites (tertiary alicyclic amines) is 1. The Morgan fingerprint density at radius 3 is 2.65 bits per heavy atom. The van der Waals surface area contributed by atoms with Gasteiger partial charge in [-0.25, -0.2) is 0 Å². The van der Waals surface area contributed by atoms with Crippen molar-refractivity contribution < 1.29 is 9.53 Å². The van der Waals surface area contributed by atoms with E-state index in [1.807, 2.05) is 23.9 Å². The summed E-state index contributed by atoms with van der Waals surface area (Å²) in [6.45, 7) is 4.76. The topological polar surface area (TPSA) is 32.8 Å². The molecule has 0 aromatic heterocycles. The van der Waals surface area contributed by atoms with Crippen molar-refractivity contribution in [2.75, 3.05) is 44.8 Å². The number of thioether (sulfide) groups is 1. The zero-order valence-corrected chi connectivity index (χ0v) is 14.7. The second kappa shape index (κ2) is 8.06. The minimum Gasteiger partial charge on any atom is -0.497 e. The lowest BCUT2D eigenvalue weighted by Gasteiger charge is -2.36. The number of carbonyl (C=O) groups excluding carboxylic acids is 1. The zero-order valence-electron chi connectivity index (χ0n) is 13.9. The summed E-state index contributed by atoms with van der Waals surface area (Å²) >= 11 is 1.95. The fourth-order valence-corrected chi connectivity index (χ4v) is 4.33. The van der Waals surface area contributed by atoms with Gasteiger partial charge in [-0.15, -0.1) is 0 Å². The van der Waals surface area contributed by atoms with E-state index in [2.05, 4.69) is 21.9 Å². The van der Waals surface area contributed by atoms with Crippen molar-refractivity contribution in [3.8, 4) is 5.75 Å². The monoisotopic (exact) mass is 334 g/mol. The zero-order chi connectivity index (χ0) is 16.1. The van der Waals surface area contributed by atoms with Crippen LogP contribution in [0.5, 0.6) is 5.75 Å². The van der Waals surface area contributed by atoms with Gasteiger partial charge < -0.3 is 9.64 Å². The first kappa shape index (κ1) is 16.7. The summed E-state index contributed by atoms with van der Waals surface area (Å²) in [6, 6.07) is 8.25. The summed E-state index contributed by atoms with van der Waals surface area (Å²) in [5.74, 6) is 3.64. The molecule has 0 aliphatic carbocycles. The van der Waals surface area contributed by atoms with Crippen molar-refractivity contribution in [1.29, 1.82) is 0 Å². The molecule has 0 bridgehead atoms. The Kier molecular flexibility index (Phi) is 5.84. The predicted molar refractivity (Wildman–Crippen MR) is 94.9 cm³/mol. The van der Waals surface area contributed by atoms with Crippen LogP contribution in [0.4, 0.5) is 0 Å². The van der Waals surface area contributed by atoms with Gasteiger partial charge in [0, 0.05) is 37.7 Å². The van der Waals surface area contributed by atoms with Gasteiger partial charge in [0.05, 0.1) is 13.0 Å². The van der Waals surface area contributed by atoms with Gasteiger partial charge in [0.1, 0.15) is 5.75 Å². The van der Waals surface area contributed by atoms with Crippen molar-refractivity contribution in [3.05, 3.63) is 29.8 Å². The summed E-state index contributed by atoms with van der Waals surface area (Å²) < 4.78 is 5.21. The average Bonchev–Trinajstić information content (AvgIpc) is 2.63. The fraction of sp³-hybridized carbons (Fsp3) is 0.611. The van der Waals surface area contributed by atoms with Gasteiger partial charge in [0.15, 0.2) is 0 Å². The molecule has 5 heteroatoms. The van der Waals surface area contributed by atoms with E-state index in [0.717, 1.165) is 62.8 Å². The Labute approximate surface area is 143 Å². The molecule has 1 unspecified atom stereocenters. The number of piperidine rings is 1. The Morgan fingerprint density at radius 2 is 1.96 bits per heavy atom. The van der Waals surface area contributed by atoms with Gasteiger partial charge >= 0.3 is 0 Å². The lowest BCUT2D eigenvalue weighted by molar-refractivity contribution is -0.137. The van der Waals surface area contributed by atoms with Crippen LogP contribution < -0.4 is 4.74 Å². The summed E-state index contributed by atoms with van der Waals surface area (Å²) in [4.78, 5) is 17.2. The van der Waals surface area contributed by atoms with E-state index in [1.54, 1.807) is 7.11 Å². The summed E-state index contributed by atoms with van der Waals surface area (Å²) in [5.41, 5.74) is 1.29. The molecule has 2 fully saturated rings. The molecular formula is C18H26N2O2S. The molecule has 0 spiro atoms. The van der Waals surface area contributed by atoms with E-state index in [1.165, 1.54) is 5.56 Å². The van der Waals surface area contributed by atoms with Gasteiger partial charge in [0.25, 0.3) is 0 Å². The van der Waals surface area contributed by atoms with Crippen LogP contribution in [0.25, 0.3) is 0 Å². The number of hydrogen-bond donors (Lipinski definition) is 0. The van der Waals surface area contributed by atoms with Crippen molar-refractivity contribution in [3.63, 3.8) is 0 Å². The number of methoxy groups -OCH3 is 1. The predicted octanol–water partition coefficient (Wildman–Crippen LogP) is 2.48. The van der Waals surface area contributed by atoms with E-state index in [-0.39, 0.29) is 5.92 Å². The largest absolute Gasteiger partial charge is 0.497 e. The second-order valence-corrected chi connectivity index (χ2v) is 7.58. The highest BCUT2D eigenvalue weighted by Crippen LogP contribution is 2.23. The Hall–Kier alpha value is -1.20. The van der Waals surface area contributed by atoms with Gasteiger partial charge in [-0.3, -0.25) is 9.69 Å². The highest BCUT2D eigenvalue weighted by molar-refractivity contribution is 7.99. The molecule has 4 nitrogen and oxygen atoms in total. The number of ether oxygens (including phenoxy) is 1. The van der Waals surface area contributed by atoms with Crippen LogP contribution in [0.2, 0.25) is 0 Å². The second-order valence-electron chi connectivity index (χ2n) is 6.36. The first-order valence-corrected chi connectivity index (χ1v) is 9.63. The first-order valence-electron chi connectivity index (χ1n) is 8.48. The van der Waals surface area contributed by atoms with Crippen molar-refractivity contribution in [1.82, 2.24) is 9.80 Å². The molecule has 1 amide bonds. The van der Waals surface area contributed by atoms with Gasteiger partial charge in [-0.05, 0) is 37.1 Å². The maximum absolute atomic E-state index is 12.7. The molecule has 0 N–H and O–H groups in total. The summed E-state index contributed by atoms with van der Waals surface area (Å²) in [5, 5.41) is 0. The van der Waals surface area contributed by atoms with Crippen LogP contribution in [0.3, 0.4) is 0 Å². The maximum atomic E-state index is 12.7. The number of rotatable bonds is 4. The lowest BCUT2D eigenvalue weighted by Crippen LogP contribution is -2.47. The fourth-order valence-electron chi connectivity index (χ4n) is 3.43. The van der Waals surface area contributed by atoms with Crippen molar-refractivity contribution in [2.24, 2.45) is 5.92 Å². The molecule has 2 aliphatic rings. The highest BCUT2D eigenvalue weighted by atomic mass is 32.2. The highest BCUT2D eigenvalue weighted by Gasteiger charge is 2.29. The van der Waals surface area contributed by atoms with Crippen LogP contribution in [-0.4, -0.2) is 60.5 Å². The molecule has 3 rings (SSSR count). The molecule has 0 radical (unpaired) electrons. The van der Waals surface area contributed by atoms with Crippen LogP contribution in [0, 0.1) is 5.92 Å². The van der Waals surface area contributed by atoms with Crippen LogP contribution in [-0.2, 0) is 11.3 Å². The van der Waals surface area contributed by atoms with Gasteiger partial charge in [-0.1, -0.05) is 12.1 Å². The van der Waals surface area contributed by atoms with Gasteiger partial charge in [-0.2, -0.15) is 11.8 Å². The molecule has 0 saturated carbocycles. The molecule has 126 valence electrons. The molecule has 2 saturated heterocycles. The number of hydrogen-bond acceptors (Lipinski definition) is 4. The minimum absolute atomic E-state index is 0.185. The lowest BCUT2D eigenvalue weighted by atomic mass is 9.96. The normalized spacial score (nSPS) is 22.8. The quantitative estimate of drug-likeness (QED) is 0.847. The molecule has 23 heavy (non-hydrogen) atoms. The first-order chi connectivity index (χ1) is 11.3. The van der Waals surface area contributed by atoms with Crippen LogP contribution >= 0.6 is 11.8 Å². The third-order valence-corrected chi connectivity index (χ3v) is 5.69. The van der Waals surface area contributed by atoms with Crippen LogP contribution in [0.1, 0.15) is 18.4 Å². The van der Waals surface area contributed by atoms with E-state index < -0.39 is 0 Å². The van der Waals surface area contributed by atoms with Crippen molar-refractivity contribution >= 4 is 17.7 Å². The van der Waals surface area contributed by atoms with Gasteiger partial charge in [0.2, 0.25) is 5.91 Å². The number of benzene rings is 1. The molecular weight excluding hydrogens is 308 g/mol. The average molecular weight is 334 g/mol. The third kappa shape index (κ3) is 4.42. The molecule has 2 aliphatic heterocycles. The summed E-state index contributed by atoms with van der Waals surface area (Å²) in [6.07, 6.45) is 2.16. The Bertz CT molecular complexity index is 514. The van der Waals surface area contributed by atoms with E-state index >= 15 is 0 Å². The number of nitrogens with zero attached hydrogens (tertiary/aromatic N) is 2. The minimum atomic E-state index is 0.185. The van der Waals surface area contributed by atoms with Crippen molar-refractivity contribution in [2.45, 2.75) is 19.4 Å². The molecule has 1 aromatic rings. The standard InChI is InChI=1S/C18H26N2O2S/c1-22-17-6-4-15(5-7-17)13-19-8-2-3-16(14-19)18(21)20-9-11-23-12-10-20/h4-7,16H,2-3,8-14H2,1H3. The molecule has 1 aromatic carbocycles.